The summed E-state index contributed by atoms with van der Waals surface area (Å²) in [5, 5.41) is 22.2. The first-order valence-corrected chi connectivity index (χ1v) is 14.4. The van der Waals surface area contributed by atoms with Crippen molar-refractivity contribution >= 4 is 52.2 Å². The molecule has 0 saturated carbocycles. The first-order valence-electron chi connectivity index (χ1n) is 13.5. The Balaban J connectivity index is 1.87. The summed E-state index contributed by atoms with van der Waals surface area (Å²) in [6.45, 7) is 4.09. The summed E-state index contributed by atoms with van der Waals surface area (Å²) >= 11 is 0.807. The zero-order chi connectivity index (χ0) is 32.8. The van der Waals surface area contributed by atoms with Gasteiger partial charge in [-0.3, -0.25) is 19.2 Å². The maximum atomic E-state index is 12.2. The molecule has 0 bridgehead atoms. The molecule has 1 saturated heterocycles. The number of nitrogens with two attached hydrogens (primary N) is 1. The number of anilines is 1. The van der Waals surface area contributed by atoms with Crippen LogP contribution < -0.4 is 5.73 Å². The van der Waals surface area contributed by atoms with Crippen LogP contribution in [0.15, 0.2) is 47.5 Å². The van der Waals surface area contributed by atoms with Crippen LogP contribution in [0.1, 0.15) is 38.8 Å². The van der Waals surface area contributed by atoms with Crippen molar-refractivity contribution in [3.63, 3.8) is 0 Å². The summed E-state index contributed by atoms with van der Waals surface area (Å²) in [6, 6.07) is 17.1. The molecule has 1 aromatic heterocycles. The fourth-order valence-corrected chi connectivity index (χ4v) is 6.09. The molecule has 2 N–H and O–H groups in total. The van der Waals surface area contributed by atoms with E-state index < -0.39 is 60.3 Å². The van der Waals surface area contributed by atoms with Crippen molar-refractivity contribution in [3.8, 4) is 23.3 Å². The van der Waals surface area contributed by atoms with Crippen molar-refractivity contribution in [2.45, 2.75) is 62.6 Å². The fourth-order valence-electron chi connectivity index (χ4n) is 4.91. The van der Waals surface area contributed by atoms with E-state index in [0.29, 0.717) is 5.56 Å². The lowest BCUT2D eigenvalue weighted by atomic mass is 9.95. The van der Waals surface area contributed by atoms with Crippen LogP contribution in [-0.4, -0.2) is 65.3 Å². The molecule has 232 valence electrons. The van der Waals surface area contributed by atoms with Crippen LogP contribution in [0.3, 0.4) is 0 Å². The molecule has 45 heavy (non-hydrogen) atoms. The summed E-state index contributed by atoms with van der Waals surface area (Å²) in [7, 11) is 0. The number of thioether (sulfide) groups is 1. The summed E-state index contributed by atoms with van der Waals surface area (Å²) < 4.78 is 27.7. The van der Waals surface area contributed by atoms with Crippen LogP contribution >= 0.6 is 11.8 Å². The van der Waals surface area contributed by atoms with Gasteiger partial charge in [-0.25, -0.2) is 4.98 Å². The average Bonchev–Trinajstić information content (AvgIpc) is 2.97. The Labute approximate surface area is 262 Å². The van der Waals surface area contributed by atoms with Crippen molar-refractivity contribution in [2.75, 3.05) is 12.3 Å². The Morgan fingerprint density at radius 1 is 0.844 bits per heavy atom. The van der Waals surface area contributed by atoms with E-state index in [0.717, 1.165) is 50.2 Å². The van der Waals surface area contributed by atoms with E-state index >= 15 is 0 Å². The lowest BCUT2D eigenvalue weighted by Gasteiger charge is -2.44. The third-order valence-electron chi connectivity index (χ3n) is 6.63. The Hall–Kier alpha value is -5.18. The van der Waals surface area contributed by atoms with Gasteiger partial charge in [0.2, 0.25) is 0 Å². The Kier molecular flexibility index (Phi) is 10.2. The van der Waals surface area contributed by atoms with E-state index in [4.69, 9.17) is 29.4 Å². The number of nitrogens with zero attached hydrogens (tertiary/aromatic N) is 3. The third kappa shape index (κ3) is 7.49. The fraction of sp³-hybridized carbons (Fsp3) is 0.323. The molecule has 1 fully saturated rings. The van der Waals surface area contributed by atoms with Crippen molar-refractivity contribution in [1.29, 1.82) is 10.5 Å². The van der Waals surface area contributed by atoms with Gasteiger partial charge in [0.25, 0.3) is 0 Å². The number of hydrogen-bond acceptors (Lipinski definition) is 14. The van der Waals surface area contributed by atoms with E-state index in [1.54, 1.807) is 6.07 Å². The zero-order valence-corrected chi connectivity index (χ0v) is 25.5. The van der Waals surface area contributed by atoms with E-state index in [-0.39, 0.29) is 27.5 Å². The molecule has 2 heterocycles. The zero-order valence-electron chi connectivity index (χ0n) is 24.6. The molecule has 0 unspecified atom stereocenters. The summed E-state index contributed by atoms with van der Waals surface area (Å²) in [5.41, 5.74) is 5.69. The molecule has 1 aliphatic rings. The number of nitriles is 2. The first-order chi connectivity index (χ1) is 21.4. The second kappa shape index (κ2) is 14.1. The van der Waals surface area contributed by atoms with Gasteiger partial charge in [-0.05, 0) is 22.4 Å². The molecule has 0 spiro atoms. The van der Waals surface area contributed by atoms with Crippen molar-refractivity contribution in [1.82, 2.24) is 4.98 Å². The highest BCUT2D eigenvalue weighted by atomic mass is 32.2. The van der Waals surface area contributed by atoms with Crippen molar-refractivity contribution < 1.29 is 42.9 Å². The molecule has 0 radical (unpaired) electrons. The SMILES string of the molecule is CC(=O)OC[C@H]1O[C@@H](Sc2nc(N)c(C#N)c(-c3ccc4ccccc4c3)c2C#N)[C@H](OC(C)=O)[C@@H](OC(C)=O)[C@@H]1OC(C)=O. The van der Waals surface area contributed by atoms with E-state index in [9.17, 15) is 29.7 Å². The molecular weight excluding hydrogens is 604 g/mol. The summed E-state index contributed by atoms with van der Waals surface area (Å²) in [5.74, 6) is -3.18. The number of rotatable bonds is 8. The normalized spacial score (nSPS) is 20.7. The first kappa shape index (κ1) is 32.7. The minimum atomic E-state index is -1.41. The minimum absolute atomic E-state index is 0.0121. The predicted octanol–water partition coefficient (Wildman–Crippen LogP) is 3.40. The molecule has 4 rings (SSSR count). The number of pyridine rings is 1. The molecule has 14 heteroatoms. The minimum Gasteiger partial charge on any atom is -0.463 e. The quantitative estimate of drug-likeness (QED) is 0.280. The van der Waals surface area contributed by atoms with Gasteiger partial charge in [0.1, 0.15) is 41.3 Å². The number of carbonyl (C=O) groups is 4. The Morgan fingerprint density at radius 2 is 1.44 bits per heavy atom. The van der Waals surface area contributed by atoms with Gasteiger partial charge in [0, 0.05) is 33.3 Å². The van der Waals surface area contributed by atoms with Gasteiger partial charge in [0.15, 0.2) is 23.7 Å². The van der Waals surface area contributed by atoms with Gasteiger partial charge < -0.3 is 29.4 Å². The predicted molar refractivity (Wildman–Crippen MR) is 159 cm³/mol. The van der Waals surface area contributed by atoms with Crippen molar-refractivity contribution in [2.24, 2.45) is 0 Å². The van der Waals surface area contributed by atoms with Gasteiger partial charge >= 0.3 is 23.9 Å². The van der Waals surface area contributed by atoms with Crippen LogP contribution in [0.5, 0.6) is 0 Å². The molecule has 5 atom stereocenters. The number of esters is 4. The highest BCUT2D eigenvalue weighted by Crippen LogP contribution is 2.42. The molecule has 0 amide bonds. The molecule has 0 aliphatic carbocycles. The Bertz CT molecular complexity index is 1750. The largest absolute Gasteiger partial charge is 0.463 e. The van der Waals surface area contributed by atoms with Gasteiger partial charge in [-0.2, -0.15) is 10.5 Å². The second-order valence-electron chi connectivity index (χ2n) is 9.90. The van der Waals surface area contributed by atoms with Crippen LogP contribution in [0.25, 0.3) is 21.9 Å². The molecule has 1 aliphatic heterocycles. The van der Waals surface area contributed by atoms with Crippen molar-refractivity contribution in [3.05, 3.63) is 53.6 Å². The maximum absolute atomic E-state index is 12.2. The van der Waals surface area contributed by atoms with E-state index in [1.807, 2.05) is 42.5 Å². The summed E-state index contributed by atoms with van der Waals surface area (Å²) in [6.07, 6.45) is -5.37. The number of aromatic nitrogens is 1. The van der Waals surface area contributed by atoms with Crippen LogP contribution in [-0.2, 0) is 42.9 Å². The van der Waals surface area contributed by atoms with E-state index in [2.05, 4.69) is 11.1 Å². The summed E-state index contributed by atoms with van der Waals surface area (Å²) in [4.78, 5) is 52.4. The standard InChI is InChI=1S/C31H28N4O9S/c1-15(36)40-14-24-26(41-16(2)37)27(42-17(3)38)28(43-18(4)39)31(44-24)45-30-23(13-33)25(22(12-32)29(34)35-30)21-10-9-19-7-5-6-8-20(19)11-21/h5-11,24,26-28,31H,14H2,1-4H3,(H2,34,35)/t24-,26-,27+,28-,31+/m1/s1. The average molecular weight is 633 g/mol. The number of fused-ring (bicyclic) bond motifs is 1. The maximum Gasteiger partial charge on any atom is 0.303 e. The monoisotopic (exact) mass is 632 g/mol. The highest BCUT2D eigenvalue weighted by molar-refractivity contribution is 7.99. The smallest absolute Gasteiger partial charge is 0.303 e. The molecule has 2 aromatic carbocycles. The topological polar surface area (TPSA) is 201 Å². The molecule has 3 aromatic rings. The third-order valence-corrected chi connectivity index (χ3v) is 7.76. The van der Waals surface area contributed by atoms with Crippen LogP contribution in [0, 0.1) is 22.7 Å². The number of ether oxygens (including phenoxy) is 5. The highest BCUT2D eigenvalue weighted by Gasteiger charge is 2.52. The molecule has 13 nitrogen and oxygen atoms in total. The number of nitrogen functional groups attached to an aromatic ring is 1. The lowest BCUT2D eigenvalue weighted by molar-refractivity contribution is -0.237. The Morgan fingerprint density at radius 3 is 2.04 bits per heavy atom. The number of carbonyl (C=O) groups excluding carboxylic acids is 4. The molecular formula is C31H28N4O9S. The van der Waals surface area contributed by atoms with Gasteiger partial charge in [-0.15, -0.1) is 0 Å². The van der Waals surface area contributed by atoms with Crippen LogP contribution in [0.2, 0.25) is 0 Å². The van der Waals surface area contributed by atoms with Gasteiger partial charge in [-0.1, -0.05) is 48.2 Å². The number of benzene rings is 2. The van der Waals surface area contributed by atoms with E-state index in [1.165, 1.54) is 0 Å². The van der Waals surface area contributed by atoms with Gasteiger partial charge in [0.05, 0.1) is 5.56 Å². The second-order valence-corrected chi connectivity index (χ2v) is 11.0. The lowest BCUT2D eigenvalue weighted by Crippen LogP contribution is -2.61. The van der Waals surface area contributed by atoms with Crippen LogP contribution in [0.4, 0.5) is 5.82 Å². The number of hydrogen-bond donors (Lipinski definition) is 1.